The van der Waals surface area contributed by atoms with Gasteiger partial charge in [-0.15, -0.1) is 11.3 Å². The number of hydrogen-bond acceptors (Lipinski definition) is 4. The second-order valence-corrected chi connectivity index (χ2v) is 7.22. The predicted octanol–water partition coefficient (Wildman–Crippen LogP) is 3.02. The van der Waals surface area contributed by atoms with E-state index in [9.17, 15) is 9.90 Å². The fourth-order valence-corrected chi connectivity index (χ4v) is 3.09. The van der Waals surface area contributed by atoms with E-state index in [2.05, 4.69) is 29.5 Å². The fraction of sp³-hybridized carbons (Fsp3) is 0.444. The summed E-state index contributed by atoms with van der Waals surface area (Å²) in [5.74, 6) is 0.431. The van der Waals surface area contributed by atoms with Gasteiger partial charge < -0.3 is 15.7 Å². The molecule has 0 saturated carbocycles. The molecule has 3 N–H and O–H groups in total. The lowest BCUT2D eigenvalue weighted by Gasteiger charge is -2.24. The summed E-state index contributed by atoms with van der Waals surface area (Å²) in [6.07, 6.45) is 0.700. The molecule has 2 rings (SSSR count). The number of hydrogen-bond donors (Lipinski definition) is 3. The number of carbonyl (C=O) groups is 1. The molecule has 0 bridgehead atoms. The molecule has 5 nitrogen and oxygen atoms in total. The summed E-state index contributed by atoms with van der Waals surface area (Å²) in [5, 5.41) is 19.1. The smallest absolute Gasteiger partial charge is 0.314 e. The van der Waals surface area contributed by atoms with E-state index in [1.54, 1.807) is 18.3 Å². The molecule has 0 aliphatic rings. The van der Waals surface area contributed by atoms with Crippen molar-refractivity contribution in [2.24, 2.45) is 0 Å². The molecule has 0 fully saturated rings. The molecule has 1 unspecified atom stereocenters. The van der Waals surface area contributed by atoms with Crippen LogP contribution in [0, 0.1) is 0 Å². The zero-order valence-electron chi connectivity index (χ0n) is 14.4. The summed E-state index contributed by atoms with van der Waals surface area (Å²) in [6, 6.07) is 9.02. The number of carbonyl (C=O) groups excluding carboxylic acids is 1. The second kappa shape index (κ2) is 8.26. The molecule has 2 amide bonds. The Morgan fingerprint density at radius 1 is 1.29 bits per heavy atom. The molecule has 2 aromatic rings. The standard InChI is InChI=1S/C18H25N3O2S/c1-13(2)16-21-15(11-24-16)9-10-19-17(22)20-12-18(3,23)14-7-5-4-6-8-14/h4-8,11,13,23H,9-10,12H2,1-3H3,(H2,19,20,22). The van der Waals surface area contributed by atoms with Crippen LogP contribution in [0.15, 0.2) is 35.7 Å². The van der Waals surface area contributed by atoms with Gasteiger partial charge in [-0.1, -0.05) is 44.2 Å². The quantitative estimate of drug-likeness (QED) is 0.721. The van der Waals surface area contributed by atoms with E-state index in [1.807, 2.05) is 35.7 Å². The topological polar surface area (TPSA) is 74.2 Å². The molecular formula is C18H25N3O2S. The van der Waals surface area contributed by atoms with Crippen molar-refractivity contribution in [3.05, 3.63) is 52.0 Å². The van der Waals surface area contributed by atoms with Crippen LogP contribution < -0.4 is 10.6 Å². The van der Waals surface area contributed by atoms with Gasteiger partial charge in [0.05, 0.1) is 17.2 Å². The molecular weight excluding hydrogens is 322 g/mol. The minimum absolute atomic E-state index is 0.150. The van der Waals surface area contributed by atoms with E-state index in [-0.39, 0.29) is 12.6 Å². The molecule has 1 heterocycles. The first-order valence-electron chi connectivity index (χ1n) is 8.12. The van der Waals surface area contributed by atoms with Gasteiger partial charge >= 0.3 is 6.03 Å². The van der Waals surface area contributed by atoms with Crippen LogP contribution in [0.2, 0.25) is 0 Å². The number of benzene rings is 1. The molecule has 6 heteroatoms. The van der Waals surface area contributed by atoms with Crippen molar-refractivity contribution >= 4 is 17.4 Å². The van der Waals surface area contributed by atoms with E-state index in [0.717, 1.165) is 16.3 Å². The average molecular weight is 347 g/mol. The van der Waals surface area contributed by atoms with E-state index >= 15 is 0 Å². The predicted molar refractivity (Wildman–Crippen MR) is 97.3 cm³/mol. The number of urea groups is 1. The highest BCUT2D eigenvalue weighted by molar-refractivity contribution is 7.09. The van der Waals surface area contributed by atoms with Gasteiger partial charge in [0.25, 0.3) is 0 Å². The Labute approximate surface area is 147 Å². The molecule has 24 heavy (non-hydrogen) atoms. The van der Waals surface area contributed by atoms with Crippen LogP contribution in [0.4, 0.5) is 4.79 Å². The molecule has 1 aromatic heterocycles. The third-order valence-corrected chi connectivity index (χ3v) is 4.91. The Bertz CT molecular complexity index is 653. The van der Waals surface area contributed by atoms with Crippen molar-refractivity contribution in [3.63, 3.8) is 0 Å². The van der Waals surface area contributed by atoms with Crippen molar-refractivity contribution in [2.75, 3.05) is 13.1 Å². The second-order valence-electron chi connectivity index (χ2n) is 6.33. The van der Waals surface area contributed by atoms with Crippen LogP contribution in [0.1, 0.15) is 43.0 Å². The minimum Gasteiger partial charge on any atom is -0.384 e. The van der Waals surface area contributed by atoms with Crippen molar-refractivity contribution in [3.8, 4) is 0 Å². The molecule has 0 spiro atoms. The van der Waals surface area contributed by atoms with E-state index in [4.69, 9.17) is 0 Å². The Kier molecular flexibility index (Phi) is 6.34. The Morgan fingerprint density at radius 3 is 2.62 bits per heavy atom. The first-order valence-corrected chi connectivity index (χ1v) is 9.00. The van der Waals surface area contributed by atoms with Crippen molar-refractivity contribution in [2.45, 2.75) is 38.7 Å². The highest BCUT2D eigenvalue weighted by atomic mass is 32.1. The summed E-state index contributed by atoms with van der Waals surface area (Å²) in [6.45, 7) is 6.59. The Hall–Kier alpha value is -1.92. The van der Waals surface area contributed by atoms with Crippen LogP contribution in [0.5, 0.6) is 0 Å². The molecule has 1 atom stereocenters. The summed E-state index contributed by atoms with van der Waals surface area (Å²) >= 11 is 1.66. The highest BCUT2D eigenvalue weighted by Gasteiger charge is 2.23. The Balaban J connectivity index is 1.73. The zero-order valence-corrected chi connectivity index (χ0v) is 15.2. The zero-order chi connectivity index (χ0) is 17.6. The van der Waals surface area contributed by atoms with E-state index in [0.29, 0.717) is 18.9 Å². The summed E-state index contributed by atoms with van der Waals surface area (Å²) in [4.78, 5) is 16.4. The third kappa shape index (κ3) is 5.32. The van der Waals surface area contributed by atoms with Crippen molar-refractivity contribution in [1.29, 1.82) is 0 Å². The lowest BCUT2D eigenvalue weighted by molar-refractivity contribution is 0.0594. The number of amides is 2. The van der Waals surface area contributed by atoms with Gasteiger partial charge in [-0.2, -0.15) is 0 Å². The summed E-state index contributed by atoms with van der Waals surface area (Å²) < 4.78 is 0. The normalized spacial score (nSPS) is 13.5. The lowest BCUT2D eigenvalue weighted by Crippen LogP contribution is -2.43. The molecule has 0 aliphatic heterocycles. The highest BCUT2D eigenvalue weighted by Crippen LogP contribution is 2.19. The molecule has 0 saturated heterocycles. The first kappa shape index (κ1) is 18.4. The minimum atomic E-state index is -1.10. The van der Waals surface area contributed by atoms with Crippen LogP contribution in [0.25, 0.3) is 0 Å². The molecule has 130 valence electrons. The maximum atomic E-state index is 11.9. The number of nitrogens with zero attached hydrogens (tertiary/aromatic N) is 1. The van der Waals surface area contributed by atoms with Crippen LogP contribution in [-0.2, 0) is 12.0 Å². The van der Waals surface area contributed by atoms with E-state index < -0.39 is 5.60 Å². The maximum Gasteiger partial charge on any atom is 0.314 e. The van der Waals surface area contributed by atoms with Gasteiger partial charge in [-0.05, 0) is 12.5 Å². The lowest BCUT2D eigenvalue weighted by atomic mass is 9.96. The average Bonchev–Trinajstić information content (AvgIpc) is 3.03. The van der Waals surface area contributed by atoms with Crippen molar-refractivity contribution < 1.29 is 9.90 Å². The summed E-state index contributed by atoms with van der Waals surface area (Å²) in [7, 11) is 0. The number of aromatic nitrogens is 1. The Morgan fingerprint density at radius 2 is 2.00 bits per heavy atom. The monoisotopic (exact) mass is 347 g/mol. The number of thiazole rings is 1. The van der Waals surface area contributed by atoms with Gasteiger partial charge in [0.2, 0.25) is 0 Å². The van der Waals surface area contributed by atoms with Gasteiger partial charge in [-0.25, -0.2) is 9.78 Å². The fourth-order valence-electron chi connectivity index (χ4n) is 2.22. The molecule has 1 aromatic carbocycles. The number of rotatable bonds is 7. The van der Waals surface area contributed by atoms with Crippen molar-refractivity contribution in [1.82, 2.24) is 15.6 Å². The number of nitrogens with one attached hydrogen (secondary N) is 2. The SMILES string of the molecule is CC(C)c1nc(CCNC(=O)NCC(C)(O)c2ccccc2)cs1. The van der Waals surface area contributed by atoms with Gasteiger partial charge in [0.1, 0.15) is 5.60 Å². The van der Waals surface area contributed by atoms with Crippen LogP contribution in [0.3, 0.4) is 0 Å². The summed E-state index contributed by atoms with van der Waals surface area (Å²) in [5.41, 5.74) is 0.675. The first-order chi connectivity index (χ1) is 11.4. The largest absolute Gasteiger partial charge is 0.384 e. The molecule has 0 aliphatic carbocycles. The van der Waals surface area contributed by atoms with Crippen LogP contribution in [-0.4, -0.2) is 29.2 Å². The number of aliphatic hydroxyl groups is 1. The van der Waals surface area contributed by atoms with Gasteiger partial charge in [-0.3, -0.25) is 0 Å². The van der Waals surface area contributed by atoms with Gasteiger partial charge in [0.15, 0.2) is 0 Å². The third-order valence-electron chi connectivity index (χ3n) is 3.72. The van der Waals surface area contributed by atoms with E-state index in [1.165, 1.54) is 0 Å². The maximum absolute atomic E-state index is 11.9. The molecule has 0 radical (unpaired) electrons. The van der Waals surface area contributed by atoms with Crippen LogP contribution >= 0.6 is 11.3 Å². The van der Waals surface area contributed by atoms with Gasteiger partial charge in [0, 0.05) is 24.3 Å².